The number of hydrogen-bond acceptors (Lipinski definition) is 2. The topological polar surface area (TPSA) is 62.0 Å². The molecule has 4 nitrogen and oxygen atoms in total. The molecule has 0 saturated heterocycles. The molecule has 21 heavy (non-hydrogen) atoms. The van der Waals surface area contributed by atoms with Crippen LogP contribution in [0.15, 0.2) is 41.2 Å². The molecule has 0 unspecified atom stereocenters. The van der Waals surface area contributed by atoms with Crippen molar-refractivity contribution in [3.8, 4) is 11.3 Å². The molecule has 1 amide bonds. The zero-order valence-electron chi connectivity index (χ0n) is 11.8. The minimum absolute atomic E-state index is 0.0805. The smallest absolute Gasteiger partial charge is 0.261 e. The molecule has 0 aliphatic carbocycles. The first-order valence-corrected chi connectivity index (χ1v) is 6.89. The number of carbonyl (C=O) groups is 1. The van der Waals surface area contributed by atoms with Crippen LogP contribution >= 0.6 is 0 Å². The van der Waals surface area contributed by atoms with Gasteiger partial charge in [0.2, 0.25) is 0 Å². The maximum Gasteiger partial charge on any atom is 0.261 e. The van der Waals surface area contributed by atoms with Crippen molar-refractivity contribution in [3.05, 3.63) is 58.1 Å². The number of aromatic nitrogens is 1. The largest absolute Gasteiger partial charge is 0.352 e. The summed E-state index contributed by atoms with van der Waals surface area (Å²) in [5, 5.41) is 2.70. The molecule has 0 spiro atoms. The van der Waals surface area contributed by atoms with Gasteiger partial charge in [-0.1, -0.05) is 13.3 Å². The minimum Gasteiger partial charge on any atom is -0.352 e. The van der Waals surface area contributed by atoms with Gasteiger partial charge in [0.1, 0.15) is 11.4 Å². The highest BCUT2D eigenvalue weighted by atomic mass is 19.1. The third-order valence-electron chi connectivity index (χ3n) is 3.13. The van der Waals surface area contributed by atoms with Gasteiger partial charge in [0.15, 0.2) is 0 Å². The summed E-state index contributed by atoms with van der Waals surface area (Å²) in [7, 11) is 0. The monoisotopic (exact) mass is 288 g/mol. The number of rotatable bonds is 5. The molecule has 0 atom stereocenters. The molecule has 1 aromatic carbocycles. The van der Waals surface area contributed by atoms with Gasteiger partial charge in [-0.25, -0.2) is 4.39 Å². The van der Waals surface area contributed by atoms with E-state index in [1.165, 1.54) is 18.2 Å². The third kappa shape index (κ3) is 3.78. The van der Waals surface area contributed by atoms with E-state index in [9.17, 15) is 14.0 Å². The average molecular weight is 288 g/mol. The summed E-state index contributed by atoms with van der Waals surface area (Å²) >= 11 is 0. The Bertz CT molecular complexity index is 677. The fourth-order valence-electron chi connectivity index (χ4n) is 1.92. The molecule has 2 aromatic rings. The molecule has 2 rings (SSSR count). The molecular weight excluding hydrogens is 271 g/mol. The number of benzene rings is 1. The first-order chi connectivity index (χ1) is 10.1. The molecular formula is C16H17FN2O2. The summed E-state index contributed by atoms with van der Waals surface area (Å²) in [5.41, 5.74) is 0.860. The molecule has 0 aliphatic heterocycles. The number of pyridine rings is 1. The minimum atomic E-state index is -0.453. The predicted octanol–water partition coefficient (Wildman–Crippen LogP) is 2.71. The van der Waals surface area contributed by atoms with E-state index in [0.29, 0.717) is 17.8 Å². The van der Waals surface area contributed by atoms with Crippen molar-refractivity contribution >= 4 is 5.91 Å². The molecule has 0 bridgehead atoms. The van der Waals surface area contributed by atoms with Crippen molar-refractivity contribution in [2.24, 2.45) is 0 Å². The molecule has 0 fully saturated rings. The van der Waals surface area contributed by atoms with Crippen molar-refractivity contribution in [1.29, 1.82) is 0 Å². The van der Waals surface area contributed by atoms with Gasteiger partial charge in [-0.05, 0) is 48.4 Å². The van der Waals surface area contributed by atoms with Crippen LogP contribution in [0.2, 0.25) is 0 Å². The van der Waals surface area contributed by atoms with Crippen LogP contribution in [0, 0.1) is 5.82 Å². The normalized spacial score (nSPS) is 10.4. The number of unbranched alkanes of at least 4 members (excludes halogenated alkanes) is 1. The van der Waals surface area contributed by atoms with Gasteiger partial charge >= 0.3 is 0 Å². The maximum atomic E-state index is 12.9. The predicted molar refractivity (Wildman–Crippen MR) is 79.7 cm³/mol. The van der Waals surface area contributed by atoms with Gasteiger partial charge < -0.3 is 10.3 Å². The average Bonchev–Trinajstić information content (AvgIpc) is 2.48. The zero-order valence-corrected chi connectivity index (χ0v) is 11.8. The lowest BCUT2D eigenvalue weighted by Gasteiger charge is -2.05. The number of aromatic amines is 1. The standard InChI is InChI=1S/C16H17FN2O2/c1-2-3-10-18-15(20)13-8-9-14(19-16(13)21)11-4-6-12(17)7-5-11/h4-9H,2-3,10H2,1H3,(H,18,20)(H,19,21). The summed E-state index contributed by atoms with van der Waals surface area (Å²) in [4.78, 5) is 26.5. The van der Waals surface area contributed by atoms with E-state index in [-0.39, 0.29) is 17.3 Å². The lowest BCUT2D eigenvalue weighted by molar-refractivity contribution is 0.0951. The number of amides is 1. The Morgan fingerprint density at radius 2 is 1.90 bits per heavy atom. The van der Waals surface area contributed by atoms with Crippen LogP contribution in [-0.4, -0.2) is 17.4 Å². The van der Waals surface area contributed by atoms with Crippen LogP contribution in [0.3, 0.4) is 0 Å². The Hall–Kier alpha value is -2.43. The van der Waals surface area contributed by atoms with Gasteiger partial charge in [0, 0.05) is 12.2 Å². The van der Waals surface area contributed by atoms with Crippen molar-refractivity contribution in [3.63, 3.8) is 0 Å². The fraction of sp³-hybridized carbons (Fsp3) is 0.250. The van der Waals surface area contributed by atoms with Crippen LogP contribution in [0.1, 0.15) is 30.1 Å². The number of hydrogen-bond donors (Lipinski definition) is 2. The number of H-pyrrole nitrogens is 1. The van der Waals surface area contributed by atoms with Gasteiger partial charge in [0.05, 0.1) is 0 Å². The summed E-state index contributed by atoms with van der Waals surface area (Å²) in [6.07, 6.45) is 1.84. The molecule has 5 heteroatoms. The van der Waals surface area contributed by atoms with Gasteiger partial charge in [-0.3, -0.25) is 9.59 Å². The van der Waals surface area contributed by atoms with Crippen LogP contribution in [-0.2, 0) is 0 Å². The van der Waals surface area contributed by atoms with Gasteiger partial charge in [-0.2, -0.15) is 0 Å². The summed E-state index contributed by atoms with van der Waals surface area (Å²) in [5.74, 6) is -0.719. The third-order valence-corrected chi connectivity index (χ3v) is 3.13. The lowest BCUT2D eigenvalue weighted by Crippen LogP contribution is -2.30. The number of halogens is 1. The summed E-state index contributed by atoms with van der Waals surface area (Å²) in [6, 6.07) is 8.91. The highest BCUT2D eigenvalue weighted by molar-refractivity contribution is 5.94. The molecule has 110 valence electrons. The Morgan fingerprint density at radius 1 is 1.19 bits per heavy atom. The molecule has 0 saturated carbocycles. The Balaban J connectivity index is 2.19. The van der Waals surface area contributed by atoms with E-state index in [0.717, 1.165) is 12.8 Å². The Labute approximate surface area is 122 Å². The second kappa shape index (κ2) is 6.83. The van der Waals surface area contributed by atoms with E-state index < -0.39 is 5.56 Å². The first kappa shape index (κ1) is 15.0. The number of nitrogens with one attached hydrogen (secondary N) is 2. The van der Waals surface area contributed by atoms with Crippen molar-refractivity contribution in [1.82, 2.24) is 10.3 Å². The van der Waals surface area contributed by atoms with Crippen LogP contribution in [0.4, 0.5) is 4.39 Å². The van der Waals surface area contributed by atoms with E-state index in [1.54, 1.807) is 18.2 Å². The molecule has 0 radical (unpaired) electrons. The van der Waals surface area contributed by atoms with Crippen molar-refractivity contribution in [2.75, 3.05) is 6.54 Å². The fourth-order valence-corrected chi connectivity index (χ4v) is 1.92. The van der Waals surface area contributed by atoms with Crippen molar-refractivity contribution < 1.29 is 9.18 Å². The molecule has 2 N–H and O–H groups in total. The Morgan fingerprint density at radius 3 is 2.52 bits per heavy atom. The SMILES string of the molecule is CCCCNC(=O)c1ccc(-c2ccc(F)cc2)[nH]c1=O. The van der Waals surface area contributed by atoms with Crippen molar-refractivity contribution in [2.45, 2.75) is 19.8 Å². The Kier molecular flexibility index (Phi) is 4.87. The molecule has 1 heterocycles. The zero-order chi connectivity index (χ0) is 15.2. The van der Waals surface area contributed by atoms with Crippen LogP contribution in [0.5, 0.6) is 0 Å². The van der Waals surface area contributed by atoms with Gasteiger partial charge in [0.25, 0.3) is 11.5 Å². The summed E-state index contributed by atoms with van der Waals surface area (Å²) in [6.45, 7) is 2.57. The summed E-state index contributed by atoms with van der Waals surface area (Å²) < 4.78 is 12.9. The lowest BCUT2D eigenvalue weighted by atomic mass is 10.1. The number of carbonyl (C=O) groups excluding carboxylic acids is 1. The molecule has 1 aromatic heterocycles. The second-order valence-electron chi connectivity index (χ2n) is 4.73. The van der Waals surface area contributed by atoms with E-state index in [4.69, 9.17) is 0 Å². The quantitative estimate of drug-likeness (QED) is 0.831. The van der Waals surface area contributed by atoms with E-state index >= 15 is 0 Å². The highest BCUT2D eigenvalue weighted by Gasteiger charge is 2.10. The maximum absolute atomic E-state index is 12.9. The van der Waals surface area contributed by atoms with Crippen LogP contribution < -0.4 is 10.9 Å². The highest BCUT2D eigenvalue weighted by Crippen LogP contribution is 2.15. The van der Waals surface area contributed by atoms with Gasteiger partial charge in [-0.15, -0.1) is 0 Å². The van der Waals surface area contributed by atoms with Crippen LogP contribution in [0.25, 0.3) is 11.3 Å². The molecule has 0 aliphatic rings. The van der Waals surface area contributed by atoms with E-state index in [2.05, 4.69) is 10.3 Å². The first-order valence-electron chi connectivity index (χ1n) is 6.89. The second-order valence-corrected chi connectivity index (χ2v) is 4.73. The van der Waals surface area contributed by atoms with E-state index in [1.807, 2.05) is 6.92 Å².